The van der Waals surface area contributed by atoms with Crippen molar-refractivity contribution in [2.24, 2.45) is 17.8 Å². The minimum atomic E-state index is 0.329. The van der Waals surface area contributed by atoms with Gasteiger partial charge in [0.25, 0.3) is 0 Å². The van der Waals surface area contributed by atoms with Crippen molar-refractivity contribution >= 4 is 11.6 Å². The number of hydrogen-bond donors (Lipinski definition) is 0. The molecule has 1 nitrogen and oxygen atoms in total. The SMILES string of the molecule is C[C@@H]1OCC2C=CC=C(Cl)C2[C@@H]1C. The van der Waals surface area contributed by atoms with E-state index >= 15 is 0 Å². The molecular formula is C11H15ClO. The standard InChI is InChI=1S/C11H15ClO/c1-7-8(2)13-6-9-4-3-5-10(12)11(7)9/h3-5,7-9,11H,6H2,1-2H3/t7-,8+,9?,11?/m1/s1. The highest BCUT2D eigenvalue weighted by Crippen LogP contribution is 2.40. The lowest BCUT2D eigenvalue weighted by Gasteiger charge is -2.40. The number of allylic oxidation sites excluding steroid dienone is 3. The van der Waals surface area contributed by atoms with Gasteiger partial charge < -0.3 is 4.74 Å². The number of hydrogen-bond acceptors (Lipinski definition) is 1. The summed E-state index contributed by atoms with van der Waals surface area (Å²) < 4.78 is 5.67. The van der Waals surface area contributed by atoms with Crippen molar-refractivity contribution < 1.29 is 4.74 Å². The molecule has 2 unspecified atom stereocenters. The molecule has 0 spiro atoms. The van der Waals surface area contributed by atoms with Crippen LogP contribution in [0.4, 0.5) is 0 Å². The first-order chi connectivity index (χ1) is 6.20. The minimum Gasteiger partial charge on any atom is -0.378 e. The molecule has 0 bridgehead atoms. The summed E-state index contributed by atoms with van der Waals surface area (Å²) >= 11 is 6.20. The summed E-state index contributed by atoms with van der Waals surface area (Å²) in [6, 6.07) is 0. The summed E-state index contributed by atoms with van der Waals surface area (Å²) in [7, 11) is 0. The van der Waals surface area contributed by atoms with E-state index in [0.717, 1.165) is 11.6 Å². The van der Waals surface area contributed by atoms with E-state index in [9.17, 15) is 0 Å². The first kappa shape index (κ1) is 9.29. The molecule has 0 aromatic carbocycles. The third-order valence-electron chi connectivity index (χ3n) is 3.25. The molecule has 2 rings (SSSR count). The first-order valence-electron chi connectivity index (χ1n) is 4.85. The van der Waals surface area contributed by atoms with Gasteiger partial charge in [0, 0.05) is 16.9 Å². The second-order valence-electron chi connectivity index (χ2n) is 4.02. The molecular weight excluding hydrogens is 184 g/mol. The van der Waals surface area contributed by atoms with Crippen LogP contribution in [0.2, 0.25) is 0 Å². The predicted molar refractivity (Wildman–Crippen MR) is 54.6 cm³/mol. The van der Waals surface area contributed by atoms with Crippen molar-refractivity contribution in [3.63, 3.8) is 0 Å². The highest BCUT2D eigenvalue weighted by Gasteiger charge is 2.36. The molecule has 1 aliphatic carbocycles. The maximum Gasteiger partial charge on any atom is 0.0579 e. The molecule has 0 aromatic rings. The van der Waals surface area contributed by atoms with Crippen LogP contribution in [0.3, 0.4) is 0 Å². The second kappa shape index (κ2) is 3.47. The Morgan fingerprint density at radius 2 is 2.23 bits per heavy atom. The van der Waals surface area contributed by atoms with Crippen LogP contribution >= 0.6 is 11.6 Å². The molecule has 0 saturated carbocycles. The van der Waals surface area contributed by atoms with Gasteiger partial charge in [0.2, 0.25) is 0 Å². The zero-order valence-corrected chi connectivity index (χ0v) is 8.79. The number of halogens is 1. The van der Waals surface area contributed by atoms with Crippen molar-refractivity contribution in [1.82, 2.24) is 0 Å². The first-order valence-corrected chi connectivity index (χ1v) is 5.23. The smallest absolute Gasteiger partial charge is 0.0579 e. The van der Waals surface area contributed by atoms with E-state index in [1.807, 2.05) is 12.2 Å². The normalized spacial score (nSPS) is 44.1. The molecule has 1 saturated heterocycles. The summed E-state index contributed by atoms with van der Waals surface area (Å²) in [6.45, 7) is 5.16. The van der Waals surface area contributed by atoms with Crippen LogP contribution in [-0.2, 0) is 4.74 Å². The van der Waals surface area contributed by atoms with Crippen LogP contribution in [0.15, 0.2) is 23.3 Å². The van der Waals surface area contributed by atoms with Crippen LogP contribution in [0.5, 0.6) is 0 Å². The molecule has 1 heterocycles. The zero-order chi connectivity index (χ0) is 9.42. The number of rotatable bonds is 0. The Hall–Kier alpha value is -0.270. The lowest BCUT2D eigenvalue weighted by Crippen LogP contribution is -2.39. The van der Waals surface area contributed by atoms with E-state index in [1.54, 1.807) is 0 Å². The van der Waals surface area contributed by atoms with Crippen LogP contribution in [0.25, 0.3) is 0 Å². The number of fused-ring (bicyclic) bond motifs is 1. The summed E-state index contributed by atoms with van der Waals surface area (Å²) in [6.07, 6.45) is 6.58. The average Bonchev–Trinajstić information content (AvgIpc) is 2.12. The Labute approximate surface area is 84.4 Å². The maximum atomic E-state index is 6.20. The van der Waals surface area contributed by atoms with Crippen molar-refractivity contribution in [2.45, 2.75) is 20.0 Å². The molecule has 13 heavy (non-hydrogen) atoms. The monoisotopic (exact) mass is 198 g/mol. The number of ether oxygens (including phenoxy) is 1. The van der Waals surface area contributed by atoms with Gasteiger partial charge in [0.15, 0.2) is 0 Å². The summed E-state index contributed by atoms with van der Waals surface area (Å²) in [4.78, 5) is 0. The molecule has 0 aromatic heterocycles. The van der Waals surface area contributed by atoms with Gasteiger partial charge in [-0.2, -0.15) is 0 Å². The van der Waals surface area contributed by atoms with Gasteiger partial charge in [-0.15, -0.1) is 0 Å². The molecule has 0 amide bonds. The molecule has 1 fully saturated rings. The van der Waals surface area contributed by atoms with Crippen LogP contribution in [-0.4, -0.2) is 12.7 Å². The predicted octanol–water partition coefficient (Wildman–Crippen LogP) is 2.97. The van der Waals surface area contributed by atoms with Gasteiger partial charge in [0.05, 0.1) is 12.7 Å². The summed E-state index contributed by atoms with van der Waals surface area (Å²) in [5.41, 5.74) is 0. The van der Waals surface area contributed by atoms with Gasteiger partial charge >= 0.3 is 0 Å². The lowest BCUT2D eigenvalue weighted by molar-refractivity contribution is -0.0521. The lowest BCUT2D eigenvalue weighted by atomic mass is 9.76. The van der Waals surface area contributed by atoms with Gasteiger partial charge in [-0.05, 0) is 18.9 Å². The quantitative estimate of drug-likeness (QED) is 0.582. The zero-order valence-electron chi connectivity index (χ0n) is 8.03. The average molecular weight is 199 g/mol. The second-order valence-corrected chi connectivity index (χ2v) is 4.46. The van der Waals surface area contributed by atoms with Gasteiger partial charge in [0.1, 0.15) is 0 Å². The fraction of sp³-hybridized carbons (Fsp3) is 0.636. The molecule has 0 radical (unpaired) electrons. The van der Waals surface area contributed by atoms with Crippen molar-refractivity contribution in [3.8, 4) is 0 Å². The van der Waals surface area contributed by atoms with E-state index in [0.29, 0.717) is 23.9 Å². The van der Waals surface area contributed by atoms with Crippen molar-refractivity contribution in [1.29, 1.82) is 0 Å². The Morgan fingerprint density at radius 1 is 1.46 bits per heavy atom. The highest BCUT2D eigenvalue weighted by molar-refractivity contribution is 6.30. The summed E-state index contributed by atoms with van der Waals surface area (Å²) in [5.74, 6) is 1.49. The Balaban J connectivity index is 2.23. The molecule has 2 heteroatoms. The van der Waals surface area contributed by atoms with E-state index in [-0.39, 0.29) is 0 Å². The Kier molecular flexibility index (Phi) is 2.48. The van der Waals surface area contributed by atoms with Crippen molar-refractivity contribution in [2.75, 3.05) is 6.61 Å². The Bertz CT molecular complexity index is 257. The van der Waals surface area contributed by atoms with Crippen LogP contribution < -0.4 is 0 Å². The third kappa shape index (κ3) is 1.55. The van der Waals surface area contributed by atoms with Gasteiger partial charge in [-0.3, -0.25) is 0 Å². The van der Waals surface area contributed by atoms with Gasteiger partial charge in [-0.1, -0.05) is 30.7 Å². The fourth-order valence-corrected chi connectivity index (χ4v) is 2.67. The van der Waals surface area contributed by atoms with E-state index < -0.39 is 0 Å². The van der Waals surface area contributed by atoms with Crippen LogP contribution in [0, 0.1) is 17.8 Å². The molecule has 0 N–H and O–H groups in total. The largest absolute Gasteiger partial charge is 0.378 e. The van der Waals surface area contributed by atoms with Crippen molar-refractivity contribution in [3.05, 3.63) is 23.3 Å². The molecule has 2 aliphatic rings. The fourth-order valence-electron chi connectivity index (χ4n) is 2.23. The van der Waals surface area contributed by atoms with E-state index in [1.165, 1.54) is 0 Å². The minimum absolute atomic E-state index is 0.329. The molecule has 72 valence electrons. The topological polar surface area (TPSA) is 9.23 Å². The summed E-state index contributed by atoms with van der Waals surface area (Å²) in [5, 5.41) is 0.996. The Morgan fingerprint density at radius 3 is 3.00 bits per heavy atom. The van der Waals surface area contributed by atoms with E-state index in [2.05, 4.69) is 19.9 Å². The molecule has 1 aliphatic heterocycles. The molecule has 4 atom stereocenters. The van der Waals surface area contributed by atoms with E-state index in [4.69, 9.17) is 16.3 Å². The van der Waals surface area contributed by atoms with Crippen LogP contribution in [0.1, 0.15) is 13.8 Å². The maximum absolute atomic E-state index is 6.20. The highest BCUT2D eigenvalue weighted by atomic mass is 35.5. The third-order valence-corrected chi connectivity index (χ3v) is 3.63. The van der Waals surface area contributed by atoms with Gasteiger partial charge in [-0.25, -0.2) is 0 Å².